The number of benzene rings is 1. The summed E-state index contributed by atoms with van der Waals surface area (Å²) in [6.07, 6.45) is 0. The van der Waals surface area contributed by atoms with Gasteiger partial charge in [0.1, 0.15) is 0 Å². The number of non-ortho nitro benzene ring substituents is 1. The summed E-state index contributed by atoms with van der Waals surface area (Å²) in [6.45, 7) is -0.233. The number of nitro groups is 1. The third-order valence-electron chi connectivity index (χ3n) is 2.96. The normalized spacial score (nSPS) is 10.5. The Bertz CT molecular complexity index is 894. The summed E-state index contributed by atoms with van der Waals surface area (Å²) >= 11 is 7.36. The fraction of sp³-hybridized carbons (Fsp3) is 0.0714. The van der Waals surface area contributed by atoms with Crippen molar-refractivity contribution in [3.63, 3.8) is 0 Å². The Morgan fingerprint density at radius 1 is 1.42 bits per heavy atom. The molecule has 0 bridgehead atoms. The van der Waals surface area contributed by atoms with Crippen molar-refractivity contribution in [2.24, 2.45) is 0 Å². The summed E-state index contributed by atoms with van der Waals surface area (Å²) < 4.78 is 10.0. The van der Waals surface area contributed by atoms with E-state index >= 15 is 0 Å². The number of halogens is 1. The van der Waals surface area contributed by atoms with E-state index in [1.165, 1.54) is 23.5 Å². The zero-order valence-corrected chi connectivity index (χ0v) is 13.4. The maximum atomic E-state index is 12.0. The second-order valence-electron chi connectivity index (χ2n) is 4.52. The van der Waals surface area contributed by atoms with Gasteiger partial charge in [0.05, 0.1) is 15.5 Å². The van der Waals surface area contributed by atoms with Gasteiger partial charge in [-0.25, -0.2) is 4.79 Å². The maximum absolute atomic E-state index is 12.0. The van der Waals surface area contributed by atoms with E-state index in [1.807, 2.05) is 16.8 Å². The van der Waals surface area contributed by atoms with Gasteiger partial charge in [0.25, 0.3) is 11.6 Å². The average molecular weight is 366 g/mol. The van der Waals surface area contributed by atoms with Crippen LogP contribution in [-0.2, 0) is 11.3 Å². The predicted molar refractivity (Wildman–Crippen MR) is 84.8 cm³/mol. The van der Waals surface area contributed by atoms with Crippen LogP contribution in [0.1, 0.15) is 16.2 Å². The fourth-order valence-electron chi connectivity index (χ4n) is 1.81. The minimum absolute atomic E-state index is 0.0137. The summed E-state index contributed by atoms with van der Waals surface area (Å²) in [4.78, 5) is 26.1. The molecule has 0 fully saturated rings. The molecule has 3 aromatic rings. The van der Waals surface area contributed by atoms with Crippen LogP contribution in [0.4, 0.5) is 5.69 Å². The SMILES string of the molecule is O=C(OCc1nc(-c2ccsc2)no1)c1ccc([N+](=O)[O-])cc1Cl. The molecule has 8 nitrogen and oxygen atoms in total. The fourth-order valence-corrected chi connectivity index (χ4v) is 2.70. The lowest BCUT2D eigenvalue weighted by atomic mass is 10.2. The highest BCUT2D eigenvalue weighted by atomic mass is 35.5. The van der Waals surface area contributed by atoms with Crippen LogP contribution >= 0.6 is 22.9 Å². The van der Waals surface area contributed by atoms with Crippen molar-refractivity contribution in [2.45, 2.75) is 6.61 Å². The predicted octanol–water partition coefficient (Wildman–Crippen LogP) is 3.72. The number of nitro benzene ring substituents is 1. The lowest BCUT2D eigenvalue weighted by molar-refractivity contribution is -0.384. The van der Waals surface area contributed by atoms with Gasteiger partial charge < -0.3 is 9.26 Å². The van der Waals surface area contributed by atoms with Gasteiger partial charge in [-0.05, 0) is 17.5 Å². The minimum Gasteiger partial charge on any atom is -0.452 e. The van der Waals surface area contributed by atoms with Gasteiger partial charge in [0.2, 0.25) is 5.82 Å². The average Bonchev–Trinajstić information content (AvgIpc) is 3.23. The van der Waals surface area contributed by atoms with Gasteiger partial charge in [0, 0.05) is 23.1 Å². The lowest BCUT2D eigenvalue weighted by Crippen LogP contribution is -2.06. The molecule has 0 aliphatic rings. The number of aromatic nitrogens is 2. The van der Waals surface area contributed by atoms with Gasteiger partial charge in [-0.15, -0.1) is 0 Å². The third kappa shape index (κ3) is 3.42. The number of carbonyl (C=O) groups is 1. The molecule has 24 heavy (non-hydrogen) atoms. The van der Waals surface area contributed by atoms with Crippen molar-refractivity contribution in [3.8, 4) is 11.4 Å². The Morgan fingerprint density at radius 3 is 2.92 bits per heavy atom. The van der Waals surface area contributed by atoms with E-state index in [4.69, 9.17) is 20.9 Å². The lowest BCUT2D eigenvalue weighted by Gasteiger charge is -2.03. The number of nitrogens with zero attached hydrogens (tertiary/aromatic N) is 3. The number of rotatable bonds is 5. The number of esters is 1. The minimum atomic E-state index is -0.745. The Hall–Kier alpha value is -2.78. The zero-order valence-electron chi connectivity index (χ0n) is 11.8. The molecule has 3 rings (SSSR count). The van der Waals surface area contributed by atoms with E-state index in [0.29, 0.717) is 5.82 Å². The van der Waals surface area contributed by atoms with Gasteiger partial charge in [-0.1, -0.05) is 16.8 Å². The first-order valence-corrected chi connectivity index (χ1v) is 7.83. The van der Waals surface area contributed by atoms with E-state index in [9.17, 15) is 14.9 Å². The van der Waals surface area contributed by atoms with E-state index < -0.39 is 10.9 Å². The molecule has 122 valence electrons. The Kier molecular flexibility index (Phi) is 4.54. The van der Waals surface area contributed by atoms with Gasteiger partial charge in [-0.3, -0.25) is 10.1 Å². The number of carbonyl (C=O) groups excluding carboxylic acids is 1. The van der Waals surface area contributed by atoms with E-state index in [2.05, 4.69) is 10.1 Å². The smallest absolute Gasteiger partial charge is 0.340 e. The second-order valence-corrected chi connectivity index (χ2v) is 5.71. The molecule has 0 spiro atoms. The summed E-state index contributed by atoms with van der Waals surface area (Å²) in [7, 11) is 0. The van der Waals surface area contributed by atoms with E-state index in [-0.39, 0.29) is 28.8 Å². The van der Waals surface area contributed by atoms with Crippen LogP contribution in [0.5, 0.6) is 0 Å². The van der Waals surface area contributed by atoms with Gasteiger partial charge in [0.15, 0.2) is 6.61 Å². The largest absolute Gasteiger partial charge is 0.452 e. The summed E-state index contributed by atoms with van der Waals surface area (Å²) in [5.74, 6) is -0.219. The molecule has 0 amide bonds. The molecule has 0 unspecified atom stereocenters. The number of thiophene rings is 1. The van der Waals surface area contributed by atoms with Crippen molar-refractivity contribution < 1.29 is 19.0 Å². The molecule has 1 aromatic carbocycles. The molecule has 0 saturated carbocycles. The van der Waals surface area contributed by atoms with Crippen LogP contribution in [0.25, 0.3) is 11.4 Å². The second kappa shape index (κ2) is 6.77. The molecule has 2 heterocycles. The number of ether oxygens (including phenoxy) is 1. The zero-order chi connectivity index (χ0) is 17.1. The molecule has 0 radical (unpaired) electrons. The molecule has 0 aliphatic heterocycles. The first-order chi connectivity index (χ1) is 11.5. The van der Waals surface area contributed by atoms with Crippen LogP contribution in [-0.4, -0.2) is 21.0 Å². The molecular formula is C14H8ClN3O5S. The van der Waals surface area contributed by atoms with Crippen LogP contribution in [0.3, 0.4) is 0 Å². The van der Waals surface area contributed by atoms with Crippen LogP contribution < -0.4 is 0 Å². The molecular weight excluding hydrogens is 358 g/mol. The summed E-state index contributed by atoms with van der Waals surface area (Å²) in [5.41, 5.74) is 0.605. The van der Waals surface area contributed by atoms with Crippen molar-refractivity contribution in [1.29, 1.82) is 0 Å². The highest BCUT2D eigenvalue weighted by Gasteiger charge is 2.17. The molecule has 0 N–H and O–H groups in total. The standard InChI is InChI=1S/C14H8ClN3O5S/c15-11-5-9(18(20)21)1-2-10(11)14(19)22-6-12-16-13(17-23-12)8-3-4-24-7-8/h1-5,7H,6H2. The number of hydrogen-bond donors (Lipinski definition) is 0. The van der Waals surface area contributed by atoms with E-state index in [0.717, 1.165) is 11.6 Å². The van der Waals surface area contributed by atoms with Gasteiger partial charge >= 0.3 is 5.97 Å². The number of hydrogen-bond acceptors (Lipinski definition) is 8. The highest BCUT2D eigenvalue weighted by Crippen LogP contribution is 2.23. The van der Waals surface area contributed by atoms with Crippen molar-refractivity contribution >= 4 is 34.6 Å². The topological polar surface area (TPSA) is 108 Å². The van der Waals surface area contributed by atoms with Crippen LogP contribution in [0, 0.1) is 10.1 Å². The monoisotopic (exact) mass is 365 g/mol. The Labute approximate surface area is 143 Å². The maximum Gasteiger partial charge on any atom is 0.340 e. The van der Waals surface area contributed by atoms with Crippen molar-refractivity contribution in [1.82, 2.24) is 10.1 Å². The molecule has 10 heteroatoms. The summed E-state index contributed by atoms with van der Waals surface area (Å²) in [6, 6.07) is 5.32. The van der Waals surface area contributed by atoms with Crippen LogP contribution in [0.2, 0.25) is 5.02 Å². The van der Waals surface area contributed by atoms with Crippen molar-refractivity contribution in [2.75, 3.05) is 0 Å². The van der Waals surface area contributed by atoms with E-state index in [1.54, 1.807) is 0 Å². The molecule has 0 saturated heterocycles. The first-order valence-electron chi connectivity index (χ1n) is 6.51. The molecule has 0 atom stereocenters. The highest BCUT2D eigenvalue weighted by molar-refractivity contribution is 7.08. The molecule has 2 aromatic heterocycles. The first kappa shape index (κ1) is 16.1. The van der Waals surface area contributed by atoms with Crippen molar-refractivity contribution in [3.05, 3.63) is 61.6 Å². The van der Waals surface area contributed by atoms with Gasteiger partial charge in [-0.2, -0.15) is 16.3 Å². The quantitative estimate of drug-likeness (QED) is 0.385. The molecule has 0 aliphatic carbocycles. The Balaban J connectivity index is 1.66. The third-order valence-corrected chi connectivity index (χ3v) is 3.95. The Morgan fingerprint density at radius 2 is 2.25 bits per heavy atom. The van der Waals surface area contributed by atoms with Crippen LogP contribution in [0.15, 0.2) is 39.5 Å². The summed E-state index contributed by atoms with van der Waals surface area (Å²) in [5, 5.41) is 18.1.